The van der Waals surface area contributed by atoms with E-state index in [4.69, 9.17) is 9.47 Å². The number of ether oxygens (including phenoxy) is 2. The third-order valence-electron chi connectivity index (χ3n) is 6.09. The molecular weight excluding hydrogens is 434 g/mol. The summed E-state index contributed by atoms with van der Waals surface area (Å²) >= 11 is 0. The van der Waals surface area contributed by atoms with Gasteiger partial charge in [0.2, 0.25) is 0 Å². The van der Waals surface area contributed by atoms with Crippen molar-refractivity contribution in [3.63, 3.8) is 0 Å². The maximum absolute atomic E-state index is 13.2. The molecule has 1 N–H and O–H groups in total. The predicted octanol–water partition coefficient (Wildman–Crippen LogP) is 2.90. The normalized spacial score (nSPS) is 19.1. The number of anilines is 1. The van der Waals surface area contributed by atoms with Gasteiger partial charge < -0.3 is 29.3 Å². The van der Waals surface area contributed by atoms with E-state index in [2.05, 4.69) is 0 Å². The monoisotopic (exact) mass is 465 g/mol. The first-order chi connectivity index (χ1) is 16.3. The third-order valence-corrected chi connectivity index (χ3v) is 6.09. The molecule has 34 heavy (non-hydrogen) atoms. The van der Waals surface area contributed by atoms with Crippen LogP contribution in [0.15, 0.2) is 48.0 Å². The zero-order valence-corrected chi connectivity index (χ0v) is 20.1. The Bertz CT molecular complexity index is 1110. The highest BCUT2D eigenvalue weighted by molar-refractivity contribution is 6.46. The maximum atomic E-state index is 13.2. The number of rotatable bonds is 7. The minimum atomic E-state index is -0.682. The van der Waals surface area contributed by atoms with Crippen molar-refractivity contribution in [2.45, 2.75) is 12.5 Å². The van der Waals surface area contributed by atoms with E-state index in [1.165, 1.54) is 0 Å². The number of carbonyl (C=O) groups excluding carboxylic acids is 2. The van der Waals surface area contributed by atoms with Crippen molar-refractivity contribution in [2.75, 3.05) is 59.4 Å². The van der Waals surface area contributed by atoms with Gasteiger partial charge in [0.05, 0.1) is 11.6 Å². The van der Waals surface area contributed by atoms with E-state index in [-0.39, 0.29) is 11.3 Å². The van der Waals surface area contributed by atoms with E-state index in [1.54, 1.807) is 23.1 Å². The first kappa shape index (κ1) is 23.6. The lowest BCUT2D eigenvalue weighted by molar-refractivity contribution is -0.139. The highest BCUT2D eigenvalue weighted by atomic mass is 16.6. The van der Waals surface area contributed by atoms with Crippen molar-refractivity contribution >= 4 is 23.1 Å². The number of amides is 1. The smallest absolute Gasteiger partial charge is 0.295 e. The first-order valence-corrected chi connectivity index (χ1v) is 11.4. The number of likely N-dealkylation sites (tertiary alicyclic amines) is 1. The molecule has 8 nitrogen and oxygen atoms in total. The zero-order chi connectivity index (χ0) is 24.4. The maximum Gasteiger partial charge on any atom is 0.295 e. The van der Waals surface area contributed by atoms with E-state index in [0.29, 0.717) is 43.2 Å². The lowest BCUT2D eigenvalue weighted by Crippen LogP contribution is -2.32. The molecule has 0 spiro atoms. The van der Waals surface area contributed by atoms with Crippen LogP contribution in [0.3, 0.4) is 0 Å². The van der Waals surface area contributed by atoms with E-state index in [9.17, 15) is 14.7 Å². The second-order valence-corrected chi connectivity index (χ2v) is 8.99. The Morgan fingerprint density at radius 1 is 1.00 bits per heavy atom. The molecule has 0 aromatic heterocycles. The van der Waals surface area contributed by atoms with Crippen LogP contribution in [0.4, 0.5) is 5.69 Å². The molecule has 180 valence electrons. The fourth-order valence-electron chi connectivity index (χ4n) is 4.32. The highest BCUT2D eigenvalue weighted by Gasteiger charge is 2.45. The summed E-state index contributed by atoms with van der Waals surface area (Å²) < 4.78 is 11.2. The average molecular weight is 466 g/mol. The standard InChI is InChI=1S/C26H31N3O5/c1-27(2)12-5-13-29-23(17-6-9-19(10-7-17)28(3)4)22(25(31)26(29)32)24(30)18-8-11-20-21(16-18)34-15-14-33-20/h6-11,16,23,30H,5,12-15H2,1-4H3/t23-/m0/s1. The number of Topliss-reactive ketones (excluding diaryl/α,β-unsaturated/α-hetero) is 1. The van der Waals surface area contributed by atoms with E-state index in [1.807, 2.05) is 62.3 Å². The molecule has 4 rings (SSSR count). The molecule has 2 aliphatic heterocycles. The molecule has 0 unspecified atom stereocenters. The first-order valence-electron chi connectivity index (χ1n) is 11.4. The Morgan fingerprint density at radius 3 is 2.32 bits per heavy atom. The number of nitrogens with zero attached hydrogens (tertiary/aromatic N) is 3. The van der Waals surface area contributed by atoms with Gasteiger partial charge in [-0.05, 0) is 63.0 Å². The van der Waals surface area contributed by atoms with Crippen LogP contribution in [0.2, 0.25) is 0 Å². The Hall–Kier alpha value is -3.52. The van der Waals surface area contributed by atoms with E-state index < -0.39 is 17.7 Å². The predicted molar refractivity (Wildman–Crippen MR) is 130 cm³/mol. The minimum Gasteiger partial charge on any atom is -0.507 e. The molecular formula is C26H31N3O5. The van der Waals surface area contributed by atoms with Crippen molar-refractivity contribution in [2.24, 2.45) is 0 Å². The van der Waals surface area contributed by atoms with Crippen molar-refractivity contribution < 1.29 is 24.2 Å². The van der Waals surface area contributed by atoms with Crippen molar-refractivity contribution in [3.05, 3.63) is 59.2 Å². The van der Waals surface area contributed by atoms with Crippen LogP contribution in [-0.2, 0) is 9.59 Å². The van der Waals surface area contributed by atoms with Crippen molar-refractivity contribution in [3.8, 4) is 11.5 Å². The van der Waals surface area contributed by atoms with Crippen LogP contribution in [0.25, 0.3) is 5.76 Å². The molecule has 0 aliphatic carbocycles. The van der Waals surface area contributed by atoms with Gasteiger partial charge in [-0.3, -0.25) is 9.59 Å². The molecule has 2 heterocycles. The number of benzene rings is 2. The molecule has 0 radical (unpaired) electrons. The summed E-state index contributed by atoms with van der Waals surface area (Å²) in [4.78, 5) is 31.9. The molecule has 2 aromatic rings. The molecule has 2 aromatic carbocycles. The Morgan fingerprint density at radius 2 is 1.68 bits per heavy atom. The Kier molecular flexibility index (Phi) is 6.79. The van der Waals surface area contributed by atoms with E-state index in [0.717, 1.165) is 17.8 Å². The van der Waals surface area contributed by atoms with Crippen molar-refractivity contribution in [1.82, 2.24) is 9.80 Å². The lowest BCUT2D eigenvalue weighted by atomic mass is 9.95. The molecule has 0 saturated carbocycles. The topological polar surface area (TPSA) is 82.6 Å². The fraction of sp³-hybridized carbons (Fsp3) is 0.385. The zero-order valence-electron chi connectivity index (χ0n) is 20.1. The molecule has 1 saturated heterocycles. The second kappa shape index (κ2) is 9.77. The van der Waals surface area contributed by atoms with Crippen LogP contribution in [-0.4, -0.2) is 81.1 Å². The molecule has 1 amide bonds. The summed E-state index contributed by atoms with van der Waals surface area (Å²) in [6.45, 7) is 2.04. The van der Waals surface area contributed by atoms with Gasteiger partial charge >= 0.3 is 0 Å². The van der Waals surface area contributed by atoms with Gasteiger partial charge in [-0.25, -0.2) is 0 Å². The average Bonchev–Trinajstić information content (AvgIpc) is 3.08. The quantitative estimate of drug-likeness (QED) is 0.383. The van der Waals surface area contributed by atoms with Gasteiger partial charge in [0.25, 0.3) is 11.7 Å². The SMILES string of the molecule is CN(C)CCCN1C(=O)C(=O)C(=C(O)c2ccc3c(c2)OCCO3)[C@@H]1c1ccc(N(C)C)cc1. The molecule has 1 atom stereocenters. The number of aliphatic hydroxyl groups excluding tert-OH is 1. The minimum absolute atomic E-state index is 0.0872. The van der Waals surface area contributed by atoms with Crippen LogP contribution in [0.1, 0.15) is 23.6 Å². The van der Waals surface area contributed by atoms with Gasteiger partial charge in [-0.2, -0.15) is 0 Å². The Labute approximate surface area is 200 Å². The van der Waals surface area contributed by atoms with Gasteiger partial charge in [-0.1, -0.05) is 12.1 Å². The summed E-state index contributed by atoms with van der Waals surface area (Å²) in [5, 5.41) is 11.3. The lowest BCUT2D eigenvalue weighted by Gasteiger charge is -2.26. The third kappa shape index (κ3) is 4.59. The van der Waals surface area contributed by atoms with Crippen LogP contribution in [0.5, 0.6) is 11.5 Å². The number of ketones is 1. The molecule has 1 fully saturated rings. The van der Waals surface area contributed by atoms with Crippen LogP contribution in [0, 0.1) is 0 Å². The number of aliphatic hydroxyl groups is 1. The summed E-state index contributed by atoms with van der Waals surface area (Å²) in [7, 11) is 7.83. The largest absolute Gasteiger partial charge is 0.507 e. The summed E-state index contributed by atoms with van der Waals surface area (Å²) in [6, 6.07) is 12.1. The van der Waals surface area contributed by atoms with Gasteiger partial charge in [0.1, 0.15) is 19.0 Å². The second-order valence-electron chi connectivity index (χ2n) is 8.99. The van der Waals surface area contributed by atoms with Gasteiger partial charge in [-0.15, -0.1) is 0 Å². The Balaban J connectivity index is 1.78. The van der Waals surface area contributed by atoms with E-state index >= 15 is 0 Å². The molecule has 8 heteroatoms. The summed E-state index contributed by atoms with van der Waals surface area (Å²) in [5.41, 5.74) is 2.27. The van der Waals surface area contributed by atoms with Gasteiger partial charge in [0.15, 0.2) is 11.5 Å². The summed E-state index contributed by atoms with van der Waals surface area (Å²) in [6.07, 6.45) is 0.705. The fourth-order valence-corrected chi connectivity index (χ4v) is 4.32. The number of fused-ring (bicyclic) bond motifs is 1. The van der Waals surface area contributed by atoms with Crippen LogP contribution >= 0.6 is 0 Å². The number of hydrogen-bond acceptors (Lipinski definition) is 7. The highest BCUT2D eigenvalue weighted by Crippen LogP contribution is 2.41. The number of hydrogen-bond donors (Lipinski definition) is 1. The molecule has 2 aliphatic rings. The van der Waals surface area contributed by atoms with Crippen molar-refractivity contribution in [1.29, 1.82) is 0 Å². The number of carbonyl (C=O) groups is 2. The van der Waals surface area contributed by atoms with Gasteiger partial charge in [0, 0.05) is 31.9 Å². The van der Waals surface area contributed by atoms with Crippen LogP contribution < -0.4 is 14.4 Å². The summed E-state index contributed by atoms with van der Waals surface area (Å²) in [5.74, 6) is -0.407. The molecule has 0 bridgehead atoms.